The maximum atomic E-state index is 14.6. The second-order valence-electron chi connectivity index (χ2n) is 17.0. The van der Waals surface area contributed by atoms with E-state index in [1.54, 1.807) is 24.3 Å². The maximum Gasteiger partial charge on any atom is 0.338 e. The summed E-state index contributed by atoms with van der Waals surface area (Å²) in [5.74, 6) is -0.655. The molecule has 44 heavy (non-hydrogen) atoms. The Morgan fingerprint density at radius 2 is 1.57 bits per heavy atom. The highest BCUT2D eigenvalue weighted by Gasteiger charge is 2.74. The molecule has 0 spiro atoms. The highest BCUT2D eigenvalue weighted by molar-refractivity contribution is 5.89. The maximum absolute atomic E-state index is 14.6. The Hall–Kier alpha value is -2.09. The van der Waals surface area contributed by atoms with Crippen molar-refractivity contribution in [2.45, 2.75) is 111 Å². The monoisotopic (exact) mass is 608 g/mol. The van der Waals surface area contributed by atoms with Crippen LogP contribution in [-0.2, 0) is 14.3 Å². The predicted octanol–water partition coefficient (Wildman–Crippen LogP) is 5.39. The lowest BCUT2D eigenvalue weighted by Crippen LogP contribution is -2.72. The fourth-order valence-corrected chi connectivity index (χ4v) is 12.0. The first-order valence-electron chi connectivity index (χ1n) is 16.8. The van der Waals surface area contributed by atoms with Crippen LogP contribution in [0.2, 0.25) is 0 Å². The Bertz CT molecular complexity index is 1330. The van der Waals surface area contributed by atoms with Gasteiger partial charge in [0.15, 0.2) is 0 Å². The minimum absolute atomic E-state index is 0.0676. The lowest BCUT2D eigenvalue weighted by Gasteiger charge is -2.73. The second-order valence-corrected chi connectivity index (χ2v) is 17.0. The molecule has 0 aromatic heterocycles. The number of hydrogen-bond acceptors (Lipinski definition) is 7. The number of benzene rings is 1. The summed E-state index contributed by atoms with van der Waals surface area (Å²) < 4.78 is 6.04. The Kier molecular flexibility index (Phi) is 7.39. The number of hydrogen-bond donors (Lipinski definition) is 3. The third-order valence-corrected chi connectivity index (χ3v) is 15.1. The Morgan fingerprint density at radius 1 is 0.886 bits per heavy atom. The minimum Gasteiger partial charge on any atom is -0.458 e. The van der Waals surface area contributed by atoms with Crippen LogP contribution in [0.5, 0.6) is 0 Å². The molecule has 0 aliphatic heterocycles. The van der Waals surface area contributed by atoms with E-state index in [-0.39, 0.29) is 46.9 Å². The van der Waals surface area contributed by atoms with Gasteiger partial charge in [-0.25, -0.2) is 4.79 Å². The van der Waals surface area contributed by atoms with Crippen LogP contribution in [0.1, 0.15) is 103 Å². The van der Waals surface area contributed by atoms with Crippen molar-refractivity contribution < 1.29 is 34.4 Å². The number of ketones is 1. The summed E-state index contributed by atoms with van der Waals surface area (Å²) in [5, 5.41) is 33.6. The van der Waals surface area contributed by atoms with Gasteiger partial charge in [-0.15, -0.1) is 0 Å². The molecule has 7 nitrogen and oxygen atoms in total. The number of aliphatic hydroxyl groups is 3. The van der Waals surface area contributed by atoms with Crippen LogP contribution in [0.4, 0.5) is 0 Å². The fourth-order valence-electron chi connectivity index (χ4n) is 12.0. The zero-order valence-corrected chi connectivity index (χ0v) is 27.3. The number of aliphatic hydroxyl groups excluding tert-OH is 3. The molecule has 0 saturated heterocycles. The van der Waals surface area contributed by atoms with E-state index in [9.17, 15) is 29.7 Å². The average molecular weight is 609 g/mol. The van der Waals surface area contributed by atoms with Gasteiger partial charge >= 0.3 is 5.97 Å². The summed E-state index contributed by atoms with van der Waals surface area (Å²) in [5.41, 5.74) is -2.83. The lowest BCUT2D eigenvalue weighted by molar-refractivity contribution is -0.269. The first-order valence-corrected chi connectivity index (χ1v) is 16.8. The van der Waals surface area contributed by atoms with Crippen LogP contribution in [-0.4, -0.2) is 58.3 Å². The number of Topliss-reactive ketones (excluding diaryl/α,β-unsaturated/α-hetero) is 1. The van der Waals surface area contributed by atoms with Crippen LogP contribution >= 0.6 is 0 Å². The standard InChI is InChI=1S/C37H52O7/c1-32(20-38)17-23-30-24(40)16-26-33(2)14-13-27(41)35(4,21-39)25(33)12-15-36(26,5)37(30,6)18-28(42)34(23,3)19-29(32)44-31(43)22-10-8-7-9-11-22/h7-11,20,23,25-30,39,41-42H,12-19,21H2,1-6H3/t23-,25-,26+,27+,28-,29-,30-,32-,33-,34-,35-,36+,37+/m0/s1. The Morgan fingerprint density at radius 3 is 2.20 bits per heavy atom. The van der Waals surface area contributed by atoms with Gasteiger partial charge in [0.05, 0.1) is 29.8 Å². The number of esters is 1. The zero-order chi connectivity index (χ0) is 32.1. The van der Waals surface area contributed by atoms with Crippen molar-refractivity contribution in [2.24, 2.45) is 56.2 Å². The van der Waals surface area contributed by atoms with Crippen molar-refractivity contribution in [1.82, 2.24) is 0 Å². The molecule has 0 bridgehead atoms. The smallest absolute Gasteiger partial charge is 0.338 e. The highest BCUT2D eigenvalue weighted by Crippen LogP contribution is 2.76. The number of rotatable bonds is 4. The fraction of sp³-hybridized carbons (Fsp3) is 0.757. The number of carbonyl (C=O) groups excluding carboxylic acids is 3. The molecule has 5 saturated carbocycles. The molecule has 5 aliphatic rings. The average Bonchev–Trinajstić information content (AvgIpc) is 2.99. The van der Waals surface area contributed by atoms with Crippen molar-refractivity contribution in [3.8, 4) is 0 Å². The molecule has 1 aromatic rings. The first-order chi connectivity index (χ1) is 20.5. The predicted molar refractivity (Wildman–Crippen MR) is 165 cm³/mol. The molecule has 7 heteroatoms. The molecule has 3 N–H and O–H groups in total. The summed E-state index contributed by atoms with van der Waals surface area (Å²) in [7, 11) is 0. The largest absolute Gasteiger partial charge is 0.458 e. The molecule has 0 heterocycles. The van der Waals surface area contributed by atoms with E-state index in [1.165, 1.54) is 0 Å². The quantitative estimate of drug-likeness (QED) is 0.310. The number of ether oxygens (including phenoxy) is 1. The highest BCUT2D eigenvalue weighted by atomic mass is 16.5. The normalized spacial score (nSPS) is 51.7. The third-order valence-electron chi connectivity index (χ3n) is 15.1. The van der Waals surface area contributed by atoms with E-state index in [0.717, 1.165) is 25.5 Å². The summed E-state index contributed by atoms with van der Waals surface area (Å²) in [6.45, 7) is 12.6. The number of carbonyl (C=O) groups is 3. The summed E-state index contributed by atoms with van der Waals surface area (Å²) in [6.07, 6.45) is 3.63. The molecule has 5 aliphatic carbocycles. The van der Waals surface area contributed by atoms with Gasteiger partial charge in [-0.2, -0.15) is 0 Å². The summed E-state index contributed by atoms with van der Waals surface area (Å²) in [4.78, 5) is 40.6. The van der Waals surface area contributed by atoms with Gasteiger partial charge in [-0.3, -0.25) is 4.79 Å². The molecule has 0 unspecified atom stereocenters. The van der Waals surface area contributed by atoms with Gasteiger partial charge in [0.1, 0.15) is 18.2 Å². The third kappa shape index (κ3) is 4.07. The Labute approximate surface area is 262 Å². The topological polar surface area (TPSA) is 121 Å². The van der Waals surface area contributed by atoms with E-state index in [0.29, 0.717) is 37.7 Å². The zero-order valence-electron chi connectivity index (χ0n) is 27.3. The Balaban J connectivity index is 1.36. The molecule has 0 radical (unpaired) electrons. The van der Waals surface area contributed by atoms with Crippen molar-refractivity contribution in [2.75, 3.05) is 6.61 Å². The van der Waals surface area contributed by atoms with E-state index >= 15 is 0 Å². The van der Waals surface area contributed by atoms with E-state index in [4.69, 9.17) is 4.74 Å². The van der Waals surface area contributed by atoms with Crippen molar-refractivity contribution >= 4 is 18.0 Å². The molecule has 242 valence electrons. The SMILES string of the molecule is C[C@]1(CO)[C@H]2CC[C@]3(C)[C@H](CC(=O)[C@@H]4[C@@H]5C[C@@](C)(C=O)[C@@H](OC(=O)c6ccccc6)C[C@]5(C)[C@@H](O)C[C@]43C)[C@@]2(C)CC[C@H]1O. The molecular formula is C37H52O7. The van der Waals surface area contributed by atoms with Crippen LogP contribution in [0.15, 0.2) is 30.3 Å². The van der Waals surface area contributed by atoms with Crippen LogP contribution in [0.3, 0.4) is 0 Å². The van der Waals surface area contributed by atoms with Crippen LogP contribution in [0, 0.1) is 56.2 Å². The van der Waals surface area contributed by atoms with Crippen LogP contribution in [0.25, 0.3) is 0 Å². The number of fused-ring (bicyclic) bond motifs is 7. The molecule has 1 aromatic carbocycles. The van der Waals surface area contributed by atoms with Gasteiger partial charge < -0.3 is 24.9 Å². The summed E-state index contributed by atoms with van der Waals surface area (Å²) in [6, 6.07) is 8.76. The molecule has 0 amide bonds. The van der Waals surface area contributed by atoms with Gasteiger partial charge in [0.2, 0.25) is 0 Å². The molecular weight excluding hydrogens is 556 g/mol. The minimum atomic E-state index is -0.989. The lowest BCUT2D eigenvalue weighted by atomic mass is 9.31. The van der Waals surface area contributed by atoms with E-state index in [1.807, 2.05) is 26.8 Å². The first kappa shape index (κ1) is 31.9. The van der Waals surface area contributed by atoms with Gasteiger partial charge in [-0.1, -0.05) is 52.8 Å². The van der Waals surface area contributed by atoms with E-state index < -0.39 is 45.9 Å². The number of aldehydes is 1. The van der Waals surface area contributed by atoms with Crippen molar-refractivity contribution in [3.63, 3.8) is 0 Å². The van der Waals surface area contributed by atoms with Crippen LogP contribution < -0.4 is 0 Å². The second kappa shape index (κ2) is 10.2. The van der Waals surface area contributed by atoms with Gasteiger partial charge in [-0.05, 0) is 98.0 Å². The molecule has 5 fully saturated rings. The summed E-state index contributed by atoms with van der Waals surface area (Å²) >= 11 is 0. The van der Waals surface area contributed by atoms with Gasteiger partial charge in [0.25, 0.3) is 0 Å². The van der Waals surface area contributed by atoms with Crippen molar-refractivity contribution in [3.05, 3.63) is 35.9 Å². The molecule has 13 atom stereocenters. The van der Waals surface area contributed by atoms with Crippen molar-refractivity contribution in [1.29, 1.82) is 0 Å². The van der Waals surface area contributed by atoms with Gasteiger partial charge in [0, 0.05) is 23.2 Å². The molecule has 6 rings (SSSR count). The van der Waals surface area contributed by atoms with E-state index in [2.05, 4.69) is 20.8 Å².